The number of carbonyl (C=O) groups is 1. The molecule has 2 fully saturated rings. The topological polar surface area (TPSA) is 85.7 Å². The van der Waals surface area contributed by atoms with Crippen LogP contribution >= 0.6 is 0 Å². The molecule has 1 unspecified atom stereocenters. The number of amides is 1. The second-order valence-electron chi connectivity index (χ2n) is 9.03. The van der Waals surface area contributed by atoms with Gasteiger partial charge in [-0.15, -0.1) is 0 Å². The smallest absolute Gasteiger partial charge is 0.272 e. The highest BCUT2D eigenvalue weighted by atomic mass is 16.1. The molecule has 2 saturated heterocycles. The number of aromatic amines is 1. The summed E-state index contributed by atoms with van der Waals surface area (Å²) in [6.07, 6.45) is 9.20. The summed E-state index contributed by atoms with van der Waals surface area (Å²) in [5.41, 5.74) is 4.37. The number of likely N-dealkylation sites (tertiary alicyclic amines) is 1. The number of nitrogens with one attached hydrogen (secondary N) is 2. The second-order valence-corrected chi connectivity index (χ2v) is 9.03. The number of H-pyrrole nitrogens is 1. The highest BCUT2D eigenvalue weighted by Gasteiger charge is 2.32. The van der Waals surface area contributed by atoms with Gasteiger partial charge in [-0.2, -0.15) is 0 Å². The standard InChI is InChI=1S/C24H30N6O2/c1-16-11-22-24(32)27-21(15-30(22)13-16)17-5-8-29(14-17)18-6-9-28(10-7-18)19-3-4-20(26-12-19)23(31)25-2/h3-4,11-13,15,17-18H,5-10,14H2,1-2H3,(H,25,31)(H,27,32). The van der Waals surface area contributed by atoms with E-state index in [1.807, 2.05) is 29.7 Å². The van der Waals surface area contributed by atoms with Crippen LogP contribution in [0.15, 0.2) is 41.6 Å². The summed E-state index contributed by atoms with van der Waals surface area (Å²) in [7, 11) is 1.61. The molecule has 5 rings (SSSR count). The van der Waals surface area contributed by atoms with Gasteiger partial charge in [-0.25, -0.2) is 4.98 Å². The minimum Gasteiger partial charge on any atom is -0.370 e. The summed E-state index contributed by atoms with van der Waals surface area (Å²) in [6.45, 7) is 6.05. The van der Waals surface area contributed by atoms with Crippen molar-refractivity contribution in [3.8, 4) is 0 Å². The number of hydrogen-bond donors (Lipinski definition) is 2. The quantitative estimate of drug-likeness (QED) is 0.657. The molecular weight excluding hydrogens is 404 g/mol. The highest BCUT2D eigenvalue weighted by molar-refractivity contribution is 5.92. The SMILES string of the molecule is CNC(=O)c1ccc(N2CCC(N3CCC(c4cn5cc(C)cc5c(=O)[nH]4)C3)CC2)cn1. The molecule has 1 amide bonds. The van der Waals surface area contributed by atoms with Crippen LogP contribution in [-0.4, -0.2) is 64.4 Å². The van der Waals surface area contributed by atoms with E-state index in [1.165, 1.54) is 0 Å². The first kappa shape index (κ1) is 20.8. The van der Waals surface area contributed by atoms with Gasteiger partial charge in [0.15, 0.2) is 0 Å². The molecule has 32 heavy (non-hydrogen) atoms. The Morgan fingerprint density at radius 2 is 1.97 bits per heavy atom. The molecule has 0 aliphatic carbocycles. The van der Waals surface area contributed by atoms with Gasteiger partial charge in [0.25, 0.3) is 11.5 Å². The maximum atomic E-state index is 12.5. The van der Waals surface area contributed by atoms with Crippen molar-refractivity contribution in [1.82, 2.24) is 24.6 Å². The number of aryl methyl sites for hydroxylation is 1. The van der Waals surface area contributed by atoms with E-state index in [0.29, 0.717) is 23.2 Å². The number of nitrogens with zero attached hydrogens (tertiary/aromatic N) is 4. The molecule has 2 N–H and O–H groups in total. The number of fused-ring (bicyclic) bond motifs is 1. The molecule has 0 aromatic carbocycles. The van der Waals surface area contributed by atoms with E-state index >= 15 is 0 Å². The van der Waals surface area contributed by atoms with Gasteiger partial charge in [-0.1, -0.05) is 0 Å². The fourth-order valence-corrected chi connectivity index (χ4v) is 5.19. The molecule has 0 saturated carbocycles. The Kier molecular flexibility index (Phi) is 5.46. The number of rotatable bonds is 4. The van der Waals surface area contributed by atoms with Crippen molar-refractivity contribution in [2.75, 3.05) is 38.1 Å². The third-order valence-corrected chi connectivity index (χ3v) is 6.97. The van der Waals surface area contributed by atoms with Gasteiger partial charge < -0.3 is 19.6 Å². The Morgan fingerprint density at radius 1 is 1.16 bits per heavy atom. The predicted octanol–water partition coefficient (Wildman–Crippen LogP) is 2.15. The van der Waals surface area contributed by atoms with Crippen molar-refractivity contribution in [2.45, 2.75) is 38.1 Å². The van der Waals surface area contributed by atoms with E-state index in [9.17, 15) is 9.59 Å². The summed E-state index contributed by atoms with van der Waals surface area (Å²) < 4.78 is 1.97. The molecule has 0 spiro atoms. The summed E-state index contributed by atoms with van der Waals surface area (Å²) in [5.74, 6) is 0.209. The fourth-order valence-electron chi connectivity index (χ4n) is 5.19. The number of hydrogen-bond acceptors (Lipinski definition) is 5. The molecule has 0 radical (unpaired) electrons. The number of carbonyl (C=O) groups excluding carboxylic acids is 1. The maximum absolute atomic E-state index is 12.5. The Bertz CT molecular complexity index is 1170. The van der Waals surface area contributed by atoms with Crippen LogP contribution in [-0.2, 0) is 0 Å². The minimum absolute atomic E-state index is 0.00148. The van der Waals surface area contributed by atoms with E-state index in [-0.39, 0.29) is 11.5 Å². The van der Waals surface area contributed by atoms with Crippen LogP contribution in [0.3, 0.4) is 0 Å². The van der Waals surface area contributed by atoms with E-state index in [0.717, 1.165) is 62.4 Å². The zero-order chi connectivity index (χ0) is 22.2. The van der Waals surface area contributed by atoms with E-state index in [1.54, 1.807) is 19.3 Å². The summed E-state index contributed by atoms with van der Waals surface area (Å²) in [4.78, 5) is 36.5. The molecule has 8 nitrogen and oxygen atoms in total. The van der Waals surface area contributed by atoms with Crippen molar-refractivity contribution in [3.63, 3.8) is 0 Å². The van der Waals surface area contributed by atoms with Gasteiger partial charge in [-0.3, -0.25) is 14.5 Å². The molecule has 2 aliphatic rings. The van der Waals surface area contributed by atoms with E-state index < -0.39 is 0 Å². The summed E-state index contributed by atoms with van der Waals surface area (Å²) >= 11 is 0. The van der Waals surface area contributed by atoms with Crippen LogP contribution in [0.1, 0.15) is 46.9 Å². The lowest BCUT2D eigenvalue weighted by Crippen LogP contribution is -2.44. The van der Waals surface area contributed by atoms with Crippen molar-refractivity contribution in [1.29, 1.82) is 0 Å². The maximum Gasteiger partial charge on any atom is 0.272 e. The first-order valence-corrected chi connectivity index (χ1v) is 11.4. The van der Waals surface area contributed by atoms with Crippen LogP contribution < -0.4 is 15.8 Å². The van der Waals surface area contributed by atoms with Crippen molar-refractivity contribution in [3.05, 3.63) is 64.1 Å². The first-order chi connectivity index (χ1) is 15.5. The third-order valence-electron chi connectivity index (χ3n) is 6.97. The Hall–Kier alpha value is -3.13. The largest absolute Gasteiger partial charge is 0.370 e. The van der Waals surface area contributed by atoms with Crippen LogP contribution in [0.2, 0.25) is 0 Å². The van der Waals surface area contributed by atoms with Crippen molar-refractivity contribution in [2.24, 2.45) is 0 Å². The Morgan fingerprint density at radius 3 is 2.69 bits per heavy atom. The van der Waals surface area contributed by atoms with Gasteiger partial charge in [0.05, 0.1) is 11.9 Å². The fraction of sp³-hybridized carbons (Fsp3) is 0.458. The first-order valence-electron chi connectivity index (χ1n) is 11.4. The predicted molar refractivity (Wildman–Crippen MR) is 125 cm³/mol. The third kappa shape index (κ3) is 3.90. The molecule has 8 heteroatoms. The Labute approximate surface area is 187 Å². The van der Waals surface area contributed by atoms with Gasteiger partial charge in [0, 0.05) is 56.7 Å². The monoisotopic (exact) mass is 434 g/mol. The van der Waals surface area contributed by atoms with Gasteiger partial charge in [-0.05, 0) is 56.5 Å². The normalized spacial score (nSPS) is 20.2. The molecule has 1 atom stereocenters. The van der Waals surface area contributed by atoms with Crippen LogP contribution in [0.5, 0.6) is 0 Å². The molecule has 168 valence electrons. The van der Waals surface area contributed by atoms with Crippen LogP contribution in [0, 0.1) is 6.92 Å². The molecule has 2 aliphatic heterocycles. The number of piperidine rings is 1. The molecule has 3 aromatic rings. The molecule has 5 heterocycles. The Balaban J connectivity index is 1.20. The van der Waals surface area contributed by atoms with Gasteiger partial charge in [0.1, 0.15) is 11.2 Å². The van der Waals surface area contributed by atoms with Gasteiger partial charge in [0.2, 0.25) is 0 Å². The second kappa shape index (κ2) is 8.43. The molecule has 0 bridgehead atoms. The lowest BCUT2D eigenvalue weighted by atomic mass is 10.0. The zero-order valence-corrected chi connectivity index (χ0v) is 18.7. The van der Waals surface area contributed by atoms with E-state index in [2.05, 4.69) is 31.3 Å². The summed E-state index contributed by atoms with van der Waals surface area (Å²) in [5, 5.41) is 2.60. The van der Waals surface area contributed by atoms with Gasteiger partial charge >= 0.3 is 0 Å². The number of aromatic nitrogens is 3. The van der Waals surface area contributed by atoms with Crippen molar-refractivity contribution >= 4 is 17.1 Å². The lowest BCUT2D eigenvalue weighted by molar-refractivity contribution is 0.0958. The lowest BCUT2D eigenvalue weighted by Gasteiger charge is -2.37. The minimum atomic E-state index is -0.161. The average molecular weight is 435 g/mol. The summed E-state index contributed by atoms with van der Waals surface area (Å²) in [6, 6.07) is 6.27. The average Bonchev–Trinajstić information content (AvgIpc) is 3.45. The van der Waals surface area contributed by atoms with E-state index in [4.69, 9.17) is 0 Å². The molecule has 3 aromatic heterocycles. The number of anilines is 1. The van der Waals surface area contributed by atoms with Crippen LogP contribution in [0.25, 0.3) is 5.52 Å². The number of pyridine rings is 1. The molecular formula is C24H30N6O2. The van der Waals surface area contributed by atoms with Crippen molar-refractivity contribution < 1.29 is 4.79 Å². The zero-order valence-electron chi connectivity index (χ0n) is 18.7. The highest BCUT2D eigenvalue weighted by Crippen LogP contribution is 2.31. The van der Waals surface area contributed by atoms with Crippen LogP contribution in [0.4, 0.5) is 5.69 Å².